The molecule has 1 aliphatic rings. The van der Waals surface area contributed by atoms with Gasteiger partial charge in [-0.15, -0.1) is 0 Å². The minimum absolute atomic E-state index is 0.182. The lowest BCUT2D eigenvalue weighted by Gasteiger charge is -2.35. The normalized spacial score (nSPS) is 16.9. The highest BCUT2D eigenvalue weighted by molar-refractivity contribution is 5.98. The predicted molar refractivity (Wildman–Crippen MR) is 98.5 cm³/mol. The molecular weight excluding hydrogens is 326 g/mol. The van der Waals surface area contributed by atoms with Crippen LogP contribution in [0.1, 0.15) is 52.9 Å². The molecule has 0 saturated carbocycles. The molecule has 0 spiro atoms. The molecule has 2 aromatic rings. The monoisotopic (exact) mass is 347 g/mol. The smallest absolute Gasteiger partial charge is 0.254 e. The number of hydrogen-bond donors (Lipinski definition) is 1. The maximum absolute atomic E-state index is 13.0. The average molecular weight is 347 g/mol. The molecule has 0 bridgehead atoms. The van der Waals surface area contributed by atoms with Crippen LogP contribution in [-0.4, -0.2) is 29.8 Å². The maximum atomic E-state index is 13.0. The quantitative estimate of drug-likeness (QED) is 0.927. The summed E-state index contributed by atoms with van der Waals surface area (Å²) in [5, 5.41) is 11.9. The number of rotatable bonds is 3. The van der Waals surface area contributed by atoms with E-state index in [0.717, 1.165) is 5.56 Å². The third-order valence-corrected chi connectivity index (χ3v) is 4.63. The van der Waals surface area contributed by atoms with Crippen LogP contribution in [-0.2, 0) is 4.79 Å². The molecular formula is C21H21N3O2. The minimum Gasteiger partial charge on any atom is -0.352 e. The van der Waals surface area contributed by atoms with Crippen molar-refractivity contribution in [2.24, 2.45) is 0 Å². The first-order valence-corrected chi connectivity index (χ1v) is 8.70. The van der Waals surface area contributed by atoms with Gasteiger partial charge in [0.25, 0.3) is 5.91 Å². The molecule has 1 fully saturated rings. The molecule has 1 atom stereocenters. The van der Waals surface area contributed by atoms with Crippen LogP contribution >= 0.6 is 0 Å². The van der Waals surface area contributed by atoms with E-state index in [1.165, 1.54) is 5.56 Å². The molecule has 0 aliphatic carbocycles. The van der Waals surface area contributed by atoms with Gasteiger partial charge in [-0.25, -0.2) is 0 Å². The number of hydrogen-bond acceptors (Lipinski definition) is 3. The maximum Gasteiger partial charge on any atom is 0.254 e. The molecule has 2 aromatic carbocycles. The van der Waals surface area contributed by atoms with E-state index in [2.05, 4.69) is 19.2 Å². The zero-order valence-electron chi connectivity index (χ0n) is 14.9. The summed E-state index contributed by atoms with van der Waals surface area (Å²) in [6.07, 6.45) is 0. The summed E-state index contributed by atoms with van der Waals surface area (Å²) in [5.41, 5.74) is 2.82. The number of benzene rings is 2. The Bertz CT molecular complexity index is 866. The van der Waals surface area contributed by atoms with E-state index in [1.54, 1.807) is 29.2 Å². The van der Waals surface area contributed by atoms with Crippen LogP contribution in [0.2, 0.25) is 0 Å². The van der Waals surface area contributed by atoms with Crippen LogP contribution in [0.3, 0.4) is 0 Å². The summed E-state index contributed by atoms with van der Waals surface area (Å²) < 4.78 is 0. The van der Waals surface area contributed by atoms with Crippen LogP contribution in [0.25, 0.3) is 0 Å². The highest BCUT2D eigenvalue weighted by atomic mass is 16.2. The molecule has 26 heavy (non-hydrogen) atoms. The number of nitrogens with one attached hydrogen (secondary N) is 1. The molecule has 0 radical (unpaired) electrons. The van der Waals surface area contributed by atoms with Crippen LogP contribution in [0.5, 0.6) is 0 Å². The number of piperazine rings is 1. The van der Waals surface area contributed by atoms with Crippen molar-refractivity contribution in [2.75, 3.05) is 13.1 Å². The van der Waals surface area contributed by atoms with Gasteiger partial charge in [-0.1, -0.05) is 44.2 Å². The summed E-state index contributed by atoms with van der Waals surface area (Å²) >= 11 is 0. The van der Waals surface area contributed by atoms with Gasteiger partial charge < -0.3 is 10.2 Å². The van der Waals surface area contributed by atoms with E-state index in [4.69, 9.17) is 5.26 Å². The third kappa shape index (κ3) is 3.45. The lowest BCUT2D eigenvalue weighted by molar-refractivity contribution is -0.128. The zero-order chi connectivity index (χ0) is 18.7. The second kappa shape index (κ2) is 7.40. The Morgan fingerprint density at radius 2 is 1.96 bits per heavy atom. The van der Waals surface area contributed by atoms with Gasteiger partial charge in [0, 0.05) is 18.7 Å². The van der Waals surface area contributed by atoms with Crippen molar-refractivity contribution in [2.45, 2.75) is 25.8 Å². The van der Waals surface area contributed by atoms with Gasteiger partial charge in [0.15, 0.2) is 0 Å². The van der Waals surface area contributed by atoms with Crippen molar-refractivity contribution in [1.82, 2.24) is 10.2 Å². The molecule has 3 rings (SSSR count). The topological polar surface area (TPSA) is 73.2 Å². The molecule has 5 nitrogen and oxygen atoms in total. The lowest BCUT2D eigenvalue weighted by Crippen LogP contribution is -2.52. The first-order chi connectivity index (χ1) is 12.5. The Morgan fingerprint density at radius 3 is 2.62 bits per heavy atom. The van der Waals surface area contributed by atoms with E-state index in [1.807, 2.05) is 30.3 Å². The van der Waals surface area contributed by atoms with Crippen molar-refractivity contribution in [1.29, 1.82) is 5.26 Å². The van der Waals surface area contributed by atoms with Gasteiger partial charge in [-0.2, -0.15) is 5.26 Å². The van der Waals surface area contributed by atoms with Crippen LogP contribution < -0.4 is 5.32 Å². The van der Waals surface area contributed by atoms with Gasteiger partial charge in [0.2, 0.25) is 5.91 Å². The van der Waals surface area contributed by atoms with Crippen molar-refractivity contribution in [3.05, 3.63) is 70.8 Å². The standard InChI is InChI=1S/C21H21N3O2/c1-14(2)16-6-8-17(9-7-16)19-20(25)23-10-11-24(19)21(26)18-5-3-4-15(12-18)13-22/h3-9,12,14,19H,10-11H2,1-2H3,(H,23,25). The Balaban J connectivity index is 1.94. The summed E-state index contributed by atoms with van der Waals surface area (Å²) in [6.45, 7) is 5.07. The second-order valence-electron chi connectivity index (χ2n) is 6.71. The largest absolute Gasteiger partial charge is 0.352 e. The van der Waals surface area contributed by atoms with Crippen molar-refractivity contribution < 1.29 is 9.59 Å². The van der Waals surface area contributed by atoms with E-state index in [9.17, 15) is 9.59 Å². The number of nitrogens with zero attached hydrogens (tertiary/aromatic N) is 2. The van der Waals surface area contributed by atoms with Gasteiger partial charge in [-0.05, 0) is 35.2 Å². The van der Waals surface area contributed by atoms with Crippen molar-refractivity contribution >= 4 is 11.8 Å². The Kier molecular flexibility index (Phi) is 5.04. The highest BCUT2D eigenvalue weighted by Gasteiger charge is 2.34. The highest BCUT2D eigenvalue weighted by Crippen LogP contribution is 2.27. The van der Waals surface area contributed by atoms with Gasteiger partial charge >= 0.3 is 0 Å². The number of nitriles is 1. The second-order valence-corrected chi connectivity index (χ2v) is 6.71. The van der Waals surface area contributed by atoms with Gasteiger partial charge in [0.05, 0.1) is 11.6 Å². The molecule has 1 N–H and O–H groups in total. The lowest BCUT2D eigenvalue weighted by atomic mass is 9.96. The number of carbonyl (C=O) groups excluding carboxylic acids is 2. The summed E-state index contributed by atoms with van der Waals surface area (Å²) in [7, 11) is 0. The van der Waals surface area contributed by atoms with Crippen LogP contribution in [0, 0.1) is 11.3 Å². The van der Waals surface area contributed by atoms with Crippen molar-refractivity contribution in [3.8, 4) is 6.07 Å². The van der Waals surface area contributed by atoms with Crippen LogP contribution in [0.4, 0.5) is 0 Å². The summed E-state index contributed by atoms with van der Waals surface area (Å²) in [4.78, 5) is 27.1. The number of carbonyl (C=O) groups is 2. The van der Waals surface area contributed by atoms with E-state index < -0.39 is 6.04 Å². The Hall–Kier alpha value is -3.13. The first kappa shape index (κ1) is 17.7. The molecule has 5 heteroatoms. The molecule has 1 aliphatic heterocycles. The fraction of sp³-hybridized carbons (Fsp3) is 0.286. The van der Waals surface area contributed by atoms with Crippen LogP contribution in [0.15, 0.2) is 48.5 Å². The minimum atomic E-state index is -0.664. The van der Waals surface area contributed by atoms with Gasteiger partial charge in [-0.3, -0.25) is 9.59 Å². The SMILES string of the molecule is CC(C)c1ccc(C2C(=O)NCCN2C(=O)c2cccc(C#N)c2)cc1. The number of amides is 2. The molecule has 0 aromatic heterocycles. The molecule has 1 heterocycles. The first-order valence-electron chi connectivity index (χ1n) is 8.70. The fourth-order valence-electron chi connectivity index (χ4n) is 3.17. The Morgan fingerprint density at radius 1 is 1.23 bits per heavy atom. The van der Waals surface area contributed by atoms with E-state index in [0.29, 0.717) is 30.1 Å². The third-order valence-electron chi connectivity index (χ3n) is 4.63. The van der Waals surface area contributed by atoms with E-state index >= 15 is 0 Å². The molecule has 132 valence electrons. The molecule has 2 amide bonds. The molecule has 1 unspecified atom stereocenters. The summed E-state index contributed by atoms with van der Waals surface area (Å²) in [6, 6.07) is 15.8. The predicted octanol–water partition coefficient (Wildman–Crippen LogP) is 2.99. The molecule has 1 saturated heterocycles. The van der Waals surface area contributed by atoms with Gasteiger partial charge in [0.1, 0.15) is 6.04 Å². The zero-order valence-corrected chi connectivity index (χ0v) is 14.9. The Labute approximate surface area is 153 Å². The fourth-order valence-corrected chi connectivity index (χ4v) is 3.17. The average Bonchev–Trinajstić information content (AvgIpc) is 2.67. The van der Waals surface area contributed by atoms with Crippen molar-refractivity contribution in [3.63, 3.8) is 0 Å². The van der Waals surface area contributed by atoms with E-state index in [-0.39, 0.29) is 11.8 Å². The summed E-state index contributed by atoms with van der Waals surface area (Å²) in [5.74, 6) is -0.0242.